The van der Waals surface area contributed by atoms with Crippen molar-refractivity contribution in [2.24, 2.45) is 4.99 Å². The number of benzene rings is 2. The van der Waals surface area contributed by atoms with Crippen molar-refractivity contribution in [2.75, 3.05) is 27.9 Å². The van der Waals surface area contributed by atoms with E-state index >= 15 is 0 Å². The lowest BCUT2D eigenvalue weighted by Gasteiger charge is -2.10. The first-order chi connectivity index (χ1) is 13.5. The first-order valence-electron chi connectivity index (χ1n) is 8.28. The van der Waals surface area contributed by atoms with Gasteiger partial charge in [0.2, 0.25) is 0 Å². The number of ether oxygens (including phenoxy) is 3. The van der Waals surface area contributed by atoms with Crippen LogP contribution < -0.4 is 14.3 Å². The molecular weight excluding hydrogens is 423 g/mol. The summed E-state index contributed by atoms with van der Waals surface area (Å²) in [5, 5.41) is 0.845. The molecule has 3 rings (SSSR count). The summed E-state index contributed by atoms with van der Waals surface area (Å²) in [6.45, 7) is 0.889. The molecule has 0 aliphatic rings. The Kier molecular flexibility index (Phi) is 6.61. The number of hydrogen-bond acceptors (Lipinski definition) is 5. The monoisotopic (exact) mass is 440 g/mol. The Morgan fingerprint density at radius 2 is 1.79 bits per heavy atom. The lowest BCUT2D eigenvalue weighted by Crippen LogP contribution is -2.20. The minimum absolute atomic E-state index is 0.257. The summed E-state index contributed by atoms with van der Waals surface area (Å²) < 4.78 is 18.5. The van der Waals surface area contributed by atoms with Crippen molar-refractivity contribution < 1.29 is 19.0 Å². The van der Waals surface area contributed by atoms with Crippen LogP contribution in [0.1, 0.15) is 10.4 Å². The van der Waals surface area contributed by atoms with Crippen LogP contribution in [-0.4, -0.2) is 38.4 Å². The highest BCUT2D eigenvalue weighted by molar-refractivity contribution is 7.16. The average Bonchev–Trinajstić information content (AvgIpc) is 3.05. The first-order valence-corrected chi connectivity index (χ1v) is 9.85. The fourth-order valence-electron chi connectivity index (χ4n) is 2.78. The van der Waals surface area contributed by atoms with Crippen molar-refractivity contribution in [1.29, 1.82) is 0 Å². The standard InChI is InChI=1S/C19H18Cl2N2O4S/c1-25-10-9-23-17-14(8-7-11(20)16(17)21)28-19(23)22-18(24)15-12(26-2)5-4-6-13(15)27-3/h4-8H,9-10H2,1-3H3. The number of methoxy groups -OCH3 is 3. The van der Waals surface area contributed by atoms with Gasteiger partial charge in [-0.2, -0.15) is 4.99 Å². The zero-order valence-electron chi connectivity index (χ0n) is 15.5. The van der Waals surface area contributed by atoms with Gasteiger partial charge >= 0.3 is 0 Å². The molecule has 9 heteroatoms. The highest BCUT2D eigenvalue weighted by atomic mass is 35.5. The number of amides is 1. The summed E-state index contributed by atoms with van der Waals surface area (Å²) in [7, 11) is 4.59. The molecule has 148 valence electrons. The Labute approximate surface area is 175 Å². The molecule has 0 aliphatic carbocycles. The second-order valence-corrected chi connectivity index (χ2v) is 7.49. The molecule has 0 spiro atoms. The van der Waals surface area contributed by atoms with E-state index in [2.05, 4.69) is 4.99 Å². The SMILES string of the molecule is COCCn1c(=NC(=O)c2c(OC)cccc2OC)sc2ccc(Cl)c(Cl)c21. The number of hydrogen-bond donors (Lipinski definition) is 0. The smallest absolute Gasteiger partial charge is 0.287 e. The van der Waals surface area contributed by atoms with Crippen LogP contribution in [0.3, 0.4) is 0 Å². The summed E-state index contributed by atoms with van der Waals surface area (Å²) in [6, 6.07) is 8.69. The van der Waals surface area contributed by atoms with Crippen LogP contribution in [0.4, 0.5) is 0 Å². The van der Waals surface area contributed by atoms with Crippen molar-refractivity contribution >= 4 is 50.7 Å². The van der Waals surface area contributed by atoms with E-state index < -0.39 is 5.91 Å². The number of thiazole rings is 1. The fourth-order valence-corrected chi connectivity index (χ4v) is 4.32. The van der Waals surface area contributed by atoms with Crippen LogP contribution in [0, 0.1) is 0 Å². The Hall–Kier alpha value is -2.06. The van der Waals surface area contributed by atoms with Gasteiger partial charge in [0.05, 0.1) is 41.1 Å². The fraction of sp³-hybridized carbons (Fsp3) is 0.263. The van der Waals surface area contributed by atoms with Gasteiger partial charge in [-0.15, -0.1) is 0 Å². The molecule has 6 nitrogen and oxygen atoms in total. The van der Waals surface area contributed by atoms with E-state index in [1.165, 1.54) is 25.6 Å². The highest BCUT2D eigenvalue weighted by Crippen LogP contribution is 2.32. The first kappa shape index (κ1) is 20.7. The van der Waals surface area contributed by atoms with E-state index in [4.69, 9.17) is 37.4 Å². The second-order valence-electron chi connectivity index (χ2n) is 5.69. The van der Waals surface area contributed by atoms with E-state index in [0.29, 0.717) is 39.5 Å². The number of halogens is 2. The Bertz CT molecular complexity index is 1070. The Morgan fingerprint density at radius 3 is 2.39 bits per heavy atom. The van der Waals surface area contributed by atoms with Gasteiger partial charge in [-0.05, 0) is 24.3 Å². The lowest BCUT2D eigenvalue weighted by atomic mass is 10.1. The highest BCUT2D eigenvalue weighted by Gasteiger charge is 2.19. The van der Waals surface area contributed by atoms with Gasteiger partial charge in [0.1, 0.15) is 17.1 Å². The molecule has 28 heavy (non-hydrogen) atoms. The average molecular weight is 441 g/mol. The lowest BCUT2D eigenvalue weighted by molar-refractivity contribution is 0.0991. The molecule has 1 aromatic heterocycles. The number of nitrogens with zero attached hydrogens (tertiary/aromatic N) is 2. The van der Waals surface area contributed by atoms with Crippen molar-refractivity contribution in [3.05, 3.63) is 50.7 Å². The van der Waals surface area contributed by atoms with Crippen LogP contribution >= 0.6 is 34.5 Å². The van der Waals surface area contributed by atoms with Gasteiger partial charge in [-0.25, -0.2) is 0 Å². The van der Waals surface area contributed by atoms with Crippen LogP contribution in [0.2, 0.25) is 10.0 Å². The molecule has 0 radical (unpaired) electrons. The normalized spacial score (nSPS) is 11.8. The molecule has 0 fully saturated rings. The van der Waals surface area contributed by atoms with E-state index in [-0.39, 0.29) is 5.56 Å². The largest absolute Gasteiger partial charge is 0.496 e. The predicted octanol–water partition coefficient (Wildman–Crippen LogP) is 4.41. The van der Waals surface area contributed by atoms with Gasteiger partial charge in [0.25, 0.3) is 5.91 Å². The van der Waals surface area contributed by atoms with Gasteiger partial charge < -0.3 is 18.8 Å². The minimum atomic E-state index is -0.478. The zero-order chi connectivity index (χ0) is 20.3. The molecule has 0 bridgehead atoms. The van der Waals surface area contributed by atoms with Crippen LogP contribution in [0.5, 0.6) is 11.5 Å². The van der Waals surface area contributed by atoms with Crippen molar-refractivity contribution in [1.82, 2.24) is 4.57 Å². The summed E-state index contributed by atoms with van der Waals surface area (Å²) >= 11 is 13.9. The molecule has 0 saturated heterocycles. The molecule has 0 atom stereocenters. The molecule has 2 aromatic carbocycles. The Balaban J connectivity index is 2.22. The van der Waals surface area contributed by atoms with Crippen molar-refractivity contribution in [3.8, 4) is 11.5 Å². The van der Waals surface area contributed by atoms with Gasteiger partial charge in [0, 0.05) is 13.7 Å². The van der Waals surface area contributed by atoms with E-state index in [9.17, 15) is 4.79 Å². The van der Waals surface area contributed by atoms with E-state index in [1.54, 1.807) is 31.4 Å². The maximum absolute atomic E-state index is 13.0. The second kappa shape index (κ2) is 8.96. The number of aromatic nitrogens is 1. The molecular formula is C19H18Cl2N2O4S. The summed E-state index contributed by atoms with van der Waals surface area (Å²) in [5.41, 5.74) is 0.974. The van der Waals surface area contributed by atoms with Crippen LogP contribution in [-0.2, 0) is 11.3 Å². The molecule has 0 saturated carbocycles. The molecule has 0 N–H and O–H groups in total. The van der Waals surface area contributed by atoms with E-state index in [1.807, 2.05) is 10.6 Å². The third kappa shape index (κ3) is 3.89. The molecule has 3 aromatic rings. The third-order valence-corrected chi connectivity index (χ3v) is 5.93. The van der Waals surface area contributed by atoms with Crippen LogP contribution in [0.15, 0.2) is 35.3 Å². The molecule has 0 unspecified atom stereocenters. The maximum Gasteiger partial charge on any atom is 0.287 e. The van der Waals surface area contributed by atoms with E-state index in [0.717, 1.165) is 10.2 Å². The quantitative estimate of drug-likeness (QED) is 0.569. The molecule has 1 heterocycles. The number of fused-ring (bicyclic) bond motifs is 1. The maximum atomic E-state index is 13.0. The number of carbonyl (C=O) groups excluding carboxylic acids is 1. The zero-order valence-corrected chi connectivity index (χ0v) is 17.8. The molecule has 0 aliphatic heterocycles. The minimum Gasteiger partial charge on any atom is -0.496 e. The van der Waals surface area contributed by atoms with Gasteiger partial charge in [-0.1, -0.05) is 40.6 Å². The number of rotatable bonds is 6. The Morgan fingerprint density at radius 1 is 1.11 bits per heavy atom. The summed E-state index contributed by atoms with van der Waals surface area (Å²) in [6.07, 6.45) is 0. The van der Waals surface area contributed by atoms with Crippen molar-refractivity contribution in [2.45, 2.75) is 6.54 Å². The van der Waals surface area contributed by atoms with Gasteiger partial charge in [-0.3, -0.25) is 4.79 Å². The van der Waals surface area contributed by atoms with Crippen molar-refractivity contribution in [3.63, 3.8) is 0 Å². The van der Waals surface area contributed by atoms with Gasteiger partial charge in [0.15, 0.2) is 4.80 Å². The predicted molar refractivity (Wildman–Crippen MR) is 111 cm³/mol. The van der Waals surface area contributed by atoms with Crippen LogP contribution in [0.25, 0.3) is 10.2 Å². The summed E-state index contributed by atoms with van der Waals surface area (Å²) in [5.74, 6) is 0.298. The summed E-state index contributed by atoms with van der Waals surface area (Å²) in [4.78, 5) is 17.8. The molecule has 1 amide bonds. The third-order valence-electron chi connectivity index (χ3n) is 4.09. The number of carbonyl (C=O) groups is 1. The topological polar surface area (TPSA) is 62.1 Å².